The van der Waals surface area contributed by atoms with Gasteiger partial charge in [0.25, 0.3) is 5.91 Å². The van der Waals surface area contributed by atoms with Gasteiger partial charge in [-0.3, -0.25) is 9.78 Å². The first-order valence-corrected chi connectivity index (χ1v) is 9.78. The van der Waals surface area contributed by atoms with Gasteiger partial charge in [-0.05, 0) is 55.2 Å². The number of carbonyl (C=O) groups is 1. The van der Waals surface area contributed by atoms with Crippen LogP contribution in [0.4, 0.5) is 0 Å². The van der Waals surface area contributed by atoms with Crippen molar-refractivity contribution >= 4 is 15.7 Å². The van der Waals surface area contributed by atoms with Gasteiger partial charge in [-0.2, -0.15) is 0 Å². The van der Waals surface area contributed by atoms with Gasteiger partial charge in [-0.15, -0.1) is 0 Å². The SMILES string of the molecule is Cc1ccc(C(=O)N2CCC[C@H]2c2ccncc2)cc1S(C)(=O)=O. The molecule has 0 spiro atoms. The number of amides is 1. The minimum atomic E-state index is -3.36. The number of likely N-dealkylation sites (tertiary alicyclic amines) is 1. The van der Waals surface area contributed by atoms with Crippen LogP contribution in [-0.4, -0.2) is 37.0 Å². The summed E-state index contributed by atoms with van der Waals surface area (Å²) in [6.45, 7) is 2.41. The van der Waals surface area contributed by atoms with Crippen LogP contribution in [-0.2, 0) is 9.84 Å². The number of benzene rings is 1. The fourth-order valence-corrected chi connectivity index (χ4v) is 4.23. The molecule has 0 N–H and O–H groups in total. The molecule has 24 heavy (non-hydrogen) atoms. The molecule has 0 radical (unpaired) electrons. The van der Waals surface area contributed by atoms with Crippen molar-refractivity contribution in [1.29, 1.82) is 0 Å². The van der Waals surface area contributed by atoms with Gasteiger partial charge < -0.3 is 4.90 Å². The molecular formula is C18H20N2O3S. The number of hydrogen-bond donors (Lipinski definition) is 0. The van der Waals surface area contributed by atoms with E-state index in [1.54, 1.807) is 31.5 Å². The third-order valence-corrected chi connectivity index (χ3v) is 5.68. The minimum absolute atomic E-state index is 0.0171. The number of nitrogens with zero attached hydrogens (tertiary/aromatic N) is 2. The highest BCUT2D eigenvalue weighted by Gasteiger charge is 2.31. The van der Waals surface area contributed by atoms with E-state index in [1.165, 1.54) is 12.3 Å². The molecule has 1 aromatic heterocycles. The molecule has 1 saturated heterocycles. The first kappa shape index (κ1) is 16.6. The highest BCUT2D eigenvalue weighted by atomic mass is 32.2. The molecule has 126 valence electrons. The fourth-order valence-electron chi connectivity index (χ4n) is 3.24. The van der Waals surface area contributed by atoms with Crippen molar-refractivity contribution in [3.63, 3.8) is 0 Å². The van der Waals surface area contributed by atoms with Crippen LogP contribution in [0.2, 0.25) is 0 Å². The Kier molecular flexibility index (Phi) is 4.41. The molecule has 1 aliphatic rings. The van der Waals surface area contributed by atoms with E-state index in [9.17, 15) is 13.2 Å². The molecule has 5 nitrogen and oxygen atoms in total. The van der Waals surface area contributed by atoms with Crippen LogP contribution in [0.25, 0.3) is 0 Å². The van der Waals surface area contributed by atoms with E-state index in [2.05, 4.69) is 4.98 Å². The van der Waals surface area contributed by atoms with Crippen LogP contribution in [0.5, 0.6) is 0 Å². The van der Waals surface area contributed by atoms with Crippen molar-refractivity contribution in [2.24, 2.45) is 0 Å². The molecule has 0 bridgehead atoms. The van der Waals surface area contributed by atoms with E-state index in [-0.39, 0.29) is 16.8 Å². The summed E-state index contributed by atoms with van der Waals surface area (Å²) in [6, 6.07) is 8.76. The summed E-state index contributed by atoms with van der Waals surface area (Å²) in [5.74, 6) is -0.126. The molecule has 1 amide bonds. The van der Waals surface area contributed by atoms with E-state index in [0.717, 1.165) is 18.4 Å². The average Bonchev–Trinajstić information content (AvgIpc) is 3.04. The van der Waals surface area contributed by atoms with Gasteiger partial charge in [0, 0.05) is 30.8 Å². The van der Waals surface area contributed by atoms with E-state index in [4.69, 9.17) is 0 Å². The molecule has 0 saturated carbocycles. The van der Waals surface area contributed by atoms with Gasteiger partial charge in [0.2, 0.25) is 0 Å². The highest BCUT2D eigenvalue weighted by Crippen LogP contribution is 2.33. The lowest BCUT2D eigenvalue weighted by Crippen LogP contribution is -2.30. The maximum atomic E-state index is 12.9. The number of pyridine rings is 1. The van der Waals surface area contributed by atoms with Gasteiger partial charge in [0.1, 0.15) is 0 Å². The zero-order valence-corrected chi connectivity index (χ0v) is 14.6. The first-order valence-electron chi connectivity index (χ1n) is 7.89. The van der Waals surface area contributed by atoms with E-state index in [1.807, 2.05) is 17.0 Å². The van der Waals surface area contributed by atoms with Crippen LogP contribution >= 0.6 is 0 Å². The lowest BCUT2D eigenvalue weighted by molar-refractivity contribution is 0.0735. The number of carbonyl (C=O) groups excluding carboxylic acids is 1. The number of aryl methyl sites for hydroxylation is 1. The Balaban J connectivity index is 1.94. The number of rotatable bonds is 3. The summed E-state index contributed by atoms with van der Waals surface area (Å²) >= 11 is 0. The van der Waals surface area contributed by atoms with Crippen molar-refractivity contribution in [1.82, 2.24) is 9.88 Å². The second kappa shape index (κ2) is 6.36. The van der Waals surface area contributed by atoms with E-state index in [0.29, 0.717) is 17.7 Å². The molecule has 1 aromatic carbocycles. The molecule has 1 atom stereocenters. The van der Waals surface area contributed by atoms with Gasteiger partial charge in [-0.1, -0.05) is 6.07 Å². The summed E-state index contributed by atoms with van der Waals surface area (Å²) in [5, 5.41) is 0. The smallest absolute Gasteiger partial charge is 0.254 e. The van der Waals surface area contributed by atoms with E-state index >= 15 is 0 Å². The van der Waals surface area contributed by atoms with E-state index < -0.39 is 9.84 Å². The first-order chi connectivity index (χ1) is 11.4. The lowest BCUT2D eigenvalue weighted by Gasteiger charge is -2.25. The molecule has 3 rings (SSSR count). The van der Waals surface area contributed by atoms with Gasteiger partial charge in [0.05, 0.1) is 10.9 Å². The summed E-state index contributed by atoms with van der Waals surface area (Å²) in [6.07, 6.45) is 6.46. The Labute approximate surface area is 142 Å². The molecule has 0 aliphatic carbocycles. The minimum Gasteiger partial charge on any atom is -0.332 e. The predicted molar refractivity (Wildman–Crippen MR) is 91.5 cm³/mol. The maximum absolute atomic E-state index is 12.9. The van der Waals surface area contributed by atoms with Crippen LogP contribution in [0.3, 0.4) is 0 Å². The number of aromatic nitrogens is 1. The Morgan fingerprint density at radius 3 is 2.58 bits per heavy atom. The highest BCUT2D eigenvalue weighted by molar-refractivity contribution is 7.90. The predicted octanol–water partition coefficient (Wildman–Crippen LogP) is 2.77. The van der Waals surface area contributed by atoms with Crippen molar-refractivity contribution in [2.45, 2.75) is 30.7 Å². The normalized spacial score (nSPS) is 17.9. The van der Waals surface area contributed by atoms with Crippen LogP contribution < -0.4 is 0 Å². The van der Waals surface area contributed by atoms with Crippen molar-refractivity contribution < 1.29 is 13.2 Å². The third kappa shape index (κ3) is 3.19. The Morgan fingerprint density at radius 2 is 1.92 bits per heavy atom. The molecule has 1 aliphatic heterocycles. The quantitative estimate of drug-likeness (QED) is 0.859. The summed E-state index contributed by atoms with van der Waals surface area (Å²) < 4.78 is 23.8. The second-order valence-electron chi connectivity index (χ2n) is 6.19. The fraction of sp³-hybridized carbons (Fsp3) is 0.333. The molecular weight excluding hydrogens is 324 g/mol. The molecule has 1 fully saturated rings. The van der Waals surface area contributed by atoms with Crippen LogP contribution in [0, 0.1) is 6.92 Å². The topological polar surface area (TPSA) is 67.3 Å². The van der Waals surface area contributed by atoms with Crippen LogP contribution in [0.15, 0.2) is 47.6 Å². The zero-order chi connectivity index (χ0) is 17.3. The maximum Gasteiger partial charge on any atom is 0.254 e. The Hall–Kier alpha value is -2.21. The Bertz CT molecular complexity index is 863. The zero-order valence-electron chi connectivity index (χ0n) is 13.8. The standard InChI is InChI=1S/C18H20N2O3S/c1-13-5-6-15(12-17(13)24(2,22)23)18(21)20-11-3-4-16(20)14-7-9-19-10-8-14/h5-10,12,16H,3-4,11H2,1-2H3/t16-/m0/s1. The van der Waals surface area contributed by atoms with Crippen molar-refractivity contribution in [3.05, 3.63) is 59.4 Å². The monoisotopic (exact) mass is 344 g/mol. The number of hydrogen-bond acceptors (Lipinski definition) is 4. The average molecular weight is 344 g/mol. The van der Waals surface area contributed by atoms with Crippen molar-refractivity contribution in [2.75, 3.05) is 12.8 Å². The molecule has 6 heteroatoms. The van der Waals surface area contributed by atoms with Gasteiger partial charge in [0.15, 0.2) is 9.84 Å². The molecule has 2 aromatic rings. The summed E-state index contributed by atoms with van der Waals surface area (Å²) in [7, 11) is -3.36. The molecule has 2 heterocycles. The third-order valence-electron chi connectivity index (χ3n) is 4.44. The number of sulfone groups is 1. The molecule has 0 unspecified atom stereocenters. The lowest BCUT2D eigenvalue weighted by atomic mass is 10.1. The van der Waals surface area contributed by atoms with Gasteiger partial charge in [-0.25, -0.2) is 8.42 Å². The summed E-state index contributed by atoms with van der Waals surface area (Å²) in [4.78, 5) is 19.0. The van der Waals surface area contributed by atoms with Gasteiger partial charge >= 0.3 is 0 Å². The summed E-state index contributed by atoms with van der Waals surface area (Å²) in [5.41, 5.74) is 2.13. The second-order valence-corrected chi connectivity index (χ2v) is 8.17. The largest absolute Gasteiger partial charge is 0.332 e. The van der Waals surface area contributed by atoms with Crippen molar-refractivity contribution in [3.8, 4) is 0 Å². The van der Waals surface area contributed by atoms with Crippen LogP contribution in [0.1, 0.15) is 40.4 Å². The Morgan fingerprint density at radius 1 is 1.21 bits per heavy atom.